The van der Waals surface area contributed by atoms with E-state index in [1.54, 1.807) is 11.3 Å². The molecule has 1 fully saturated rings. The van der Waals surface area contributed by atoms with E-state index in [-0.39, 0.29) is 35.9 Å². The minimum atomic E-state index is -0.0750. The topological polar surface area (TPSA) is 40.6 Å². The van der Waals surface area contributed by atoms with E-state index in [9.17, 15) is 9.59 Å². The second kappa shape index (κ2) is 8.18. The summed E-state index contributed by atoms with van der Waals surface area (Å²) in [6.45, 7) is 9.21. The number of benzene rings is 1. The molecule has 2 aromatic rings. The van der Waals surface area contributed by atoms with Gasteiger partial charge in [0.25, 0.3) is 0 Å². The molecule has 1 saturated carbocycles. The summed E-state index contributed by atoms with van der Waals surface area (Å²) in [6.07, 6.45) is 3.39. The molecule has 0 radical (unpaired) electrons. The van der Waals surface area contributed by atoms with Gasteiger partial charge in [0.2, 0.25) is 11.8 Å². The standard InChI is InChI=1S/C25H32N2O2S/c1-17-5-7-18(8-6-17)24-20-12-14-30-21(20)11-13-26(24)23(29)16-27(19-9-10-19)22(28)15-25(2,3)4/h5-8,12,14,19,24H,9-11,13,15-16H2,1-4H3/t24-/m0/s1. The summed E-state index contributed by atoms with van der Waals surface area (Å²) in [5, 5.41) is 2.13. The molecule has 0 N–H and O–H groups in total. The summed E-state index contributed by atoms with van der Waals surface area (Å²) in [5.41, 5.74) is 3.52. The zero-order valence-corrected chi connectivity index (χ0v) is 19.3. The van der Waals surface area contributed by atoms with Crippen LogP contribution in [-0.4, -0.2) is 40.7 Å². The third-order valence-electron chi connectivity index (χ3n) is 5.97. The lowest BCUT2D eigenvalue weighted by Gasteiger charge is -2.38. The molecule has 5 heteroatoms. The van der Waals surface area contributed by atoms with E-state index in [1.165, 1.54) is 16.0 Å². The number of carbonyl (C=O) groups excluding carboxylic acids is 2. The van der Waals surface area contributed by atoms with Gasteiger partial charge >= 0.3 is 0 Å². The van der Waals surface area contributed by atoms with E-state index in [4.69, 9.17) is 0 Å². The summed E-state index contributed by atoms with van der Waals surface area (Å²) >= 11 is 1.78. The number of fused-ring (bicyclic) bond motifs is 1. The fraction of sp³-hybridized carbons (Fsp3) is 0.520. The van der Waals surface area contributed by atoms with Gasteiger partial charge in [-0.25, -0.2) is 0 Å². The number of amides is 2. The molecular weight excluding hydrogens is 392 g/mol. The fourth-order valence-electron chi connectivity index (χ4n) is 4.29. The Hall–Kier alpha value is -2.14. The number of nitrogens with zero attached hydrogens (tertiary/aromatic N) is 2. The van der Waals surface area contributed by atoms with Crippen LogP contribution in [0.1, 0.15) is 67.6 Å². The molecule has 0 spiro atoms. The van der Waals surface area contributed by atoms with Crippen molar-refractivity contribution in [2.24, 2.45) is 5.41 Å². The van der Waals surface area contributed by atoms with Crippen LogP contribution < -0.4 is 0 Å². The molecular formula is C25H32N2O2S. The highest BCUT2D eigenvalue weighted by Gasteiger charge is 2.38. The fourth-order valence-corrected chi connectivity index (χ4v) is 5.20. The van der Waals surface area contributed by atoms with E-state index in [1.807, 2.05) is 9.80 Å². The molecule has 160 valence electrons. The van der Waals surface area contributed by atoms with Crippen molar-refractivity contribution in [2.75, 3.05) is 13.1 Å². The molecule has 1 atom stereocenters. The lowest BCUT2D eigenvalue weighted by molar-refractivity contribution is -0.143. The summed E-state index contributed by atoms with van der Waals surface area (Å²) in [6, 6.07) is 10.8. The highest BCUT2D eigenvalue weighted by Crippen LogP contribution is 2.38. The third-order valence-corrected chi connectivity index (χ3v) is 6.97. The van der Waals surface area contributed by atoms with Gasteiger partial charge in [-0.2, -0.15) is 0 Å². The average molecular weight is 425 g/mol. The van der Waals surface area contributed by atoms with Gasteiger partial charge < -0.3 is 9.80 Å². The first kappa shape index (κ1) is 21.1. The maximum atomic E-state index is 13.5. The van der Waals surface area contributed by atoms with Crippen LogP contribution >= 0.6 is 11.3 Å². The van der Waals surface area contributed by atoms with Crippen LogP contribution in [0.5, 0.6) is 0 Å². The van der Waals surface area contributed by atoms with Crippen molar-refractivity contribution in [1.29, 1.82) is 0 Å². The first-order valence-electron chi connectivity index (χ1n) is 10.9. The van der Waals surface area contributed by atoms with Gasteiger partial charge in [0.05, 0.1) is 6.04 Å². The molecule has 4 nitrogen and oxygen atoms in total. The third kappa shape index (κ3) is 4.61. The number of rotatable bonds is 5. The first-order chi connectivity index (χ1) is 14.2. The van der Waals surface area contributed by atoms with Gasteiger partial charge in [-0.15, -0.1) is 11.3 Å². The molecule has 0 saturated heterocycles. The highest BCUT2D eigenvalue weighted by atomic mass is 32.1. The van der Waals surface area contributed by atoms with Crippen molar-refractivity contribution in [1.82, 2.24) is 9.80 Å². The Morgan fingerprint density at radius 1 is 1.13 bits per heavy atom. The van der Waals surface area contributed by atoms with Crippen LogP contribution in [0.4, 0.5) is 0 Å². The maximum Gasteiger partial charge on any atom is 0.243 e. The quantitative estimate of drug-likeness (QED) is 0.681. The van der Waals surface area contributed by atoms with Crippen LogP contribution in [0.25, 0.3) is 0 Å². The number of hydrogen-bond acceptors (Lipinski definition) is 3. The number of carbonyl (C=O) groups is 2. The van der Waals surface area contributed by atoms with E-state index < -0.39 is 0 Å². The molecule has 1 aliphatic carbocycles. The summed E-state index contributed by atoms with van der Waals surface area (Å²) < 4.78 is 0. The smallest absolute Gasteiger partial charge is 0.243 e. The second-order valence-electron chi connectivity index (χ2n) is 9.94. The van der Waals surface area contributed by atoms with Gasteiger partial charge in [0, 0.05) is 23.9 Å². The Balaban J connectivity index is 1.58. The number of aryl methyl sites for hydroxylation is 1. The Morgan fingerprint density at radius 2 is 1.83 bits per heavy atom. The summed E-state index contributed by atoms with van der Waals surface area (Å²) in [4.78, 5) is 31.7. The Bertz CT molecular complexity index is 921. The van der Waals surface area contributed by atoms with Gasteiger partial charge in [0.1, 0.15) is 6.54 Å². The molecule has 1 aliphatic heterocycles. The Morgan fingerprint density at radius 3 is 2.47 bits per heavy atom. The van der Waals surface area contributed by atoms with Crippen LogP contribution in [-0.2, 0) is 16.0 Å². The molecule has 4 rings (SSSR count). The van der Waals surface area contributed by atoms with Crippen molar-refractivity contribution in [3.05, 3.63) is 57.3 Å². The molecule has 0 unspecified atom stereocenters. The monoisotopic (exact) mass is 424 g/mol. The van der Waals surface area contributed by atoms with Crippen molar-refractivity contribution >= 4 is 23.2 Å². The zero-order valence-electron chi connectivity index (χ0n) is 18.5. The SMILES string of the molecule is Cc1ccc([C@H]2c3ccsc3CCN2C(=O)CN(C(=O)CC(C)(C)C)C2CC2)cc1. The normalized spacial score (nSPS) is 18.8. The largest absolute Gasteiger partial charge is 0.330 e. The van der Waals surface area contributed by atoms with E-state index in [0.717, 1.165) is 24.8 Å². The maximum absolute atomic E-state index is 13.5. The molecule has 2 amide bonds. The summed E-state index contributed by atoms with van der Waals surface area (Å²) in [5.74, 6) is 0.171. The highest BCUT2D eigenvalue weighted by molar-refractivity contribution is 7.10. The van der Waals surface area contributed by atoms with E-state index in [2.05, 4.69) is 63.4 Å². The molecule has 1 aromatic carbocycles. The zero-order chi connectivity index (χ0) is 21.5. The van der Waals surface area contributed by atoms with Crippen LogP contribution in [0, 0.1) is 12.3 Å². The van der Waals surface area contributed by atoms with Crippen molar-refractivity contribution in [3.8, 4) is 0 Å². The minimum Gasteiger partial charge on any atom is -0.330 e. The van der Waals surface area contributed by atoms with Gasteiger partial charge in [-0.3, -0.25) is 9.59 Å². The first-order valence-corrected chi connectivity index (χ1v) is 11.8. The Labute approximate surface area is 183 Å². The van der Waals surface area contributed by atoms with Crippen LogP contribution in [0.3, 0.4) is 0 Å². The van der Waals surface area contributed by atoms with Gasteiger partial charge in [-0.1, -0.05) is 50.6 Å². The van der Waals surface area contributed by atoms with E-state index >= 15 is 0 Å². The molecule has 2 heterocycles. The summed E-state index contributed by atoms with van der Waals surface area (Å²) in [7, 11) is 0. The lowest BCUT2D eigenvalue weighted by atomic mass is 9.91. The van der Waals surface area contributed by atoms with Gasteiger partial charge in [-0.05, 0) is 54.2 Å². The predicted molar refractivity (Wildman–Crippen MR) is 122 cm³/mol. The van der Waals surface area contributed by atoms with Crippen molar-refractivity contribution in [3.63, 3.8) is 0 Å². The van der Waals surface area contributed by atoms with E-state index in [0.29, 0.717) is 13.0 Å². The van der Waals surface area contributed by atoms with Gasteiger partial charge in [0.15, 0.2) is 0 Å². The predicted octanol–water partition coefficient (Wildman–Crippen LogP) is 4.96. The van der Waals surface area contributed by atoms with Crippen molar-refractivity contribution < 1.29 is 9.59 Å². The van der Waals surface area contributed by atoms with Crippen LogP contribution in [0.2, 0.25) is 0 Å². The average Bonchev–Trinajstić information content (AvgIpc) is 3.40. The molecule has 1 aromatic heterocycles. The Kier molecular flexibility index (Phi) is 5.75. The number of thiophene rings is 1. The number of hydrogen-bond donors (Lipinski definition) is 0. The molecule has 0 bridgehead atoms. The van der Waals surface area contributed by atoms with Crippen LogP contribution in [0.15, 0.2) is 35.7 Å². The molecule has 2 aliphatic rings. The second-order valence-corrected chi connectivity index (χ2v) is 10.9. The van der Waals surface area contributed by atoms with Crippen molar-refractivity contribution in [2.45, 2.75) is 65.5 Å². The minimum absolute atomic E-state index is 0.0617. The lowest BCUT2D eigenvalue weighted by Crippen LogP contribution is -2.47. The molecule has 30 heavy (non-hydrogen) atoms.